The Morgan fingerprint density at radius 3 is 2.38 bits per heavy atom. The average Bonchev–Trinajstić information content (AvgIpc) is 2.60. The fourth-order valence-electron chi connectivity index (χ4n) is 2.09. The van der Waals surface area contributed by atoms with Crippen LogP contribution in [0.25, 0.3) is 0 Å². The molecule has 0 fully saturated rings. The van der Waals surface area contributed by atoms with Gasteiger partial charge in [0.15, 0.2) is 15.8 Å². The summed E-state index contributed by atoms with van der Waals surface area (Å²) < 4.78 is 37.9. The summed E-state index contributed by atoms with van der Waals surface area (Å²) in [5.41, 5.74) is 0.511. The van der Waals surface area contributed by atoms with E-state index in [1.165, 1.54) is 6.07 Å². The van der Waals surface area contributed by atoms with Gasteiger partial charge in [-0.2, -0.15) is 0 Å². The summed E-state index contributed by atoms with van der Waals surface area (Å²) in [6.07, 6.45) is 0. The molecule has 2 aromatic carbocycles. The van der Waals surface area contributed by atoms with E-state index in [2.05, 4.69) is 15.6 Å². The van der Waals surface area contributed by atoms with E-state index in [4.69, 9.17) is 0 Å². The standard InChI is InChI=1S/C17H20FN3O2S/c1-19-17(21-13-14-7-5-6-10-16(14)18)20-11-12-24(22,23)15-8-3-2-4-9-15/h2-10H,11-13H2,1H3,(H2,19,20,21). The number of halogens is 1. The quantitative estimate of drug-likeness (QED) is 0.618. The van der Waals surface area contributed by atoms with E-state index >= 15 is 0 Å². The lowest BCUT2D eigenvalue weighted by molar-refractivity contribution is 0.594. The van der Waals surface area contributed by atoms with Crippen molar-refractivity contribution in [1.82, 2.24) is 10.6 Å². The normalized spacial score (nSPS) is 12.0. The minimum atomic E-state index is -3.34. The zero-order chi connectivity index (χ0) is 17.4. The lowest BCUT2D eigenvalue weighted by Crippen LogP contribution is -2.39. The Morgan fingerprint density at radius 2 is 1.71 bits per heavy atom. The van der Waals surface area contributed by atoms with Crippen LogP contribution in [0.3, 0.4) is 0 Å². The minimum absolute atomic E-state index is 0.0581. The second-order valence-corrected chi connectivity index (χ2v) is 7.19. The molecule has 0 heterocycles. The number of sulfone groups is 1. The molecular formula is C17H20FN3O2S. The van der Waals surface area contributed by atoms with Gasteiger partial charge in [-0.15, -0.1) is 0 Å². The first-order chi connectivity index (χ1) is 11.5. The van der Waals surface area contributed by atoms with Crippen molar-refractivity contribution >= 4 is 15.8 Å². The lowest BCUT2D eigenvalue weighted by atomic mass is 10.2. The third-order valence-corrected chi connectivity index (χ3v) is 5.13. The molecule has 5 nitrogen and oxygen atoms in total. The van der Waals surface area contributed by atoms with E-state index in [9.17, 15) is 12.8 Å². The van der Waals surface area contributed by atoms with E-state index in [-0.39, 0.29) is 24.7 Å². The molecule has 128 valence electrons. The second-order valence-electron chi connectivity index (χ2n) is 5.08. The fourth-order valence-corrected chi connectivity index (χ4v) is 3.27. The molecule has 2 aromatic rings. The Hall–Kier alpha value is -2.41. The predicted molar refractivity (Wildman–Crippen MR) is 93.1 cm³/mol. The van der Waals surface area contributed by atoms with Gasteiger partial charge in [0, 0.05) is 25.7 Å². The van der Waals surface area contributed by atoms with Crippen LogP contribution in [0.15, 0.2) is 64.5 Å². The van der Waals surface area contributed by atoms with Gasteiger partial charge >= 0.3 is 0 Å². The number of hydrogen-bond acceptors (Lipinski definition) is 3. The van der Waals surface area contributed by atoms with Crippen LogP contribution in [0.4, 0.5) is 4.39 Å². The maximum Gasteiger partial charge on any atom is 0.191 e. The molecule has 2 N–H and O–H groups in total. The molecule has 0 saturated carbocycles. The molecular weight excluding hydrogens is 329 g/mol. The lowest BCUT2D eigenvalue weighted by Gasteiger charge is -2.12. The Labute approximate surface area is 141 Å². The summed E-state index contributed by atoms with van der Waals surface area (Å²) in [7, 11) is -1.77. The molecule has 0 saturated heterocycles. The molecule has 24 heavy (non-hydrogen) atoms. The van der Waals surface area contributed by atoms with Crippen molar-refractivity contribution < 1.29 is 12.8 Å². The van der Waals surface area contributed by atoms with Crippen LogP contribution in [0.5, 0.6) is 0 Å². The number of benzene rings is 2. The van der Waals surface area contributed by atoms with Crippen LogP contribution >= 0.6 is 0 Å². The molecule has 0 aromatic heterocycles. The highest BCUT2D eigenvalue weighted by Gasteiger charge is 2.13. The predicted octanol–water partition coefficient (Wildman–Crippen LogP) is 1.96. The van der Waals surface area contributed by atoms with Gasteiger partial charge in [0.05, 0.1) is 10.6 Å². The van der Waals surface area contributed by atoms with Crippen LogP contribution < -0.4 is 10.6 Å². The smallest absolute Gasteiger partial charge is 0.191 e. The van der Waals surface area contributed by atoms with Gasteiger partial charge in [-0.25, -0.2) is 12.8 Å². The number of guanidine groups is 1. The summed E-state index contributed by atoms with van der Waals surface area (Å²) in [6.45, 7) is 0.464. The van der Waals surface area contributed by atoms with E-state index in [0.717, 1.165) is 0 Å². The molecule has 0 amide bonds. The van der Waals surface area contributed by atoms with Gasteiger partial charge in [0.2, 0.25) is 0 Å². The number of rotatable bonds is 6. The number of nitrogens with zero attached hydrogens (tertiary/aromatic N) is 1. The molecule has 0 unspecified atom stereocenters. The third-order valence-electron chi connectivity index (χ3n) is 3.39. The topological polar surface area (TPSA) is 70.6 Å². The summed E-state index contributed by atoms with van der Waals surface area (Å²) in [5.74, 6) is 0.0610. The second kappa shape index (κ2) is 8.44. The van der Waals surface area contributed by atoms with E-state index in [1.54, 1.807) is 55.6 Å². The molecule has 0 radical (unpaired) electrons. The number of hydrogen-bond donors (Lipinski definition) is 2. The highest BCUT2D eigenvalue weighted by atomic mass is 32.2. The van der Waals surface area contributed by atoms with Crippen molar-refractivity contribution in [2.24, 2.45) is 4.99 Å². The van der Waals surface area contributed by atoms with E-state index in [0.29, 0.717) is 16.4 Å². The van der Waals surface area contributed by atoms with Crippen molar-refractivity contribution in [1.29, 1.82) is 0 Å². The highest BCUT2D eigenvalue weighted by molar-refractivity contribution is 7.91. The zero-order valence-electron chi connectivity index (χ0n) is 13.4. The minimum Gasteiger partial charge on any atom is -0.355 e. The van der Waals surface area contributed by atoms with Gasteiger partial charge in [0.25, 0.3) is 0 Å². The first-order valence-electron chi connectivity index (χ1n) is 7.48. The summed E-state index contributed by atoms with van der Waals surface area (Å²) >= 11 is 0. The maximum atomic E-state index is 13.6. The molecule has 0 bridgehead atoms. The highest BCUT2D eigenvalue weighted by Crippen LogP contribution is 2.09. The Kier molecular flexibility index (Phi) is 6.31. The number of nitrogens with one attached hydrogen (secondary N) is 2. The first-order valence-corrected chi connectivity index (χ1v) is 9.14. The van der Waals surface area contributed by atoms with Gasteiger partial charge in [-0.3, -0.25) is 4.99 Å². The van der Waals surface area contributed by atoms with Gasteiger partial charge < -0.3 is 10.6 Å². The molecule has 0 aliphatic carbocycles. The van der Waals surface area contributed by atoms with Crippen LogP contribution in [-0.2, 0) is 16.4 Å². The van der Waals surface area contributed by atoms with Crippen molar-refractivity contribution in [2.75, 3.05) is 19.3 Å². The van der Waals surface area contributed by atoms with Crippen molar-refractivity contribution in [2.45, 2.75) is 11.4 Å². The monoisotopic (exact) mass is 349 g/mol. The van der Waals surface area contributed by atoms with Gasteiger partial charge in [-0.05, 0) is 18.2 Å². The zero-order valence-corrected chi connectivity index (χ0v) is 14.2. The Balaban J connectivity index is 1.85. The summed E-state index contributed by atoms with van der Waals surface area (Å²) in [5, 5.41) is 5.88. The van der Waals surface area contributed by atoms with Crippen molar-refractivity contribution in [3.05, 3.63) is 66.0 Å². The molecule has 0 atom stereocenters. The SMILES string of the molecule is CN=C(NCCS(=O)(=O)c1ccccc1)NCc1ccccc1F. The van der Waals surface area contributed by atoms with E-state index < -0.39 is 9.84 Å². The van der Waals surface area contributed by atoms with Crippen LogP contribution in [0, 0.1) is 5.82 Å². The molecule has 7 heteroatoms. The van der Waals surface area contributed by atoms with Gasteiger partial charge in [-0.1, -0.05) is 36.4 Å². The van der Waals surface area contributed by atoms with E-state index in [1.807, 2.05) is 0 Å². The van der Waals surface area contributed by atoms with Crippen LogP contribution in [0.1, 0.15) is 5.56 Å². The first kappa shape index (κ1) is 17.9. The average molecular weight is 349 g/mol. The fraction of sp³-hybridized carbons (Fsp3) is 0.235. The third kappa shape index (κ3) is 5.06. The molecule has 2 rings (SSSR count). The van der Waals surface area contributed by atoms with Crippen LogP contribution in [0.2, 0.25) is 0 Å². The largest absolute Gasteiger partial charge is 0.355 e. The summed E-state index contributed by atoms with van der Waals surface area (Å²) in [6, 6.07) is 14.7. The molecule has 0 aliphatic heterocycles. The van der Waals surface area contributed by atoms with Gasteiger partial charge in [0.1, 0.15) is 5.82 Å². The number of aliphatic imine (C=N–C) groups is 1. The Morgan fingerprint density at radius 1 is 1.04 bits per heavy atom. The molecule has 0 spiro atoms. The van der Waals surface area contributed by atoms with Crippen molar-refractivity contribution in [3.8, 4) is 0 Å². The Bertz CT molecular complexity index is 792. The maximum absolute atomic E-state index is 13.6. The molecule has 0 aliphatic rings. The van der Waals surface area contributed by atoms with Crippen molar-refractivity contribution in [3.63, 3.8) is 0 Å². The summed E-state index contributed by atoms with van der Waals surface area (Å²) in [4.78, 5) is 4.29. The van der Waals surface area contributed by atoms with Crippen LogP contribution in [-0.4, -0.2) is 33.7 Å².